The van der Waals surface area contributed by atoms with Crippen molar-refractivity contribution >= 4 is 22.6 Å². The van der Waals surface area contributed by atoms with Crippen LogP contribution in [-0.4, -0.2) is 25.0 Å². The van der Waals surface area contributed by atoms with Gasteiger partial charge in [-0.2, -0.15) is 0 Å². The van der Waals surface area contributed by atoms with E-state index in [0.29, 0.717) is 0 Å². The summed E-state index contributed by atoms with van der Waals surface area (Å²) in [5.74, 6) is 6.94. The van der Waals surface area contributed by atoms with Gasteiger partial charge in [-0.15, -0.1) is 0 Å². The average Bonchev–Trinajstić information content (AvgIpc) is 2.29. The summed E-state index contributed by atoms with van der Waals surface area (Å²) in [6.45, 7) is 1.58. The number of carbonyl (C=O) groups excluding carboxylic acids is 1. The first-order valence-corrected chi connectivity index (χ1v) is 6.48. The van der Waals surface area contributed by atoms with Crippen molar-refractivity contribution in [3.63, 3.8) is 0 Å². The molecule has 0 amide bonds. The molecular formula is C14H17NOS. The van der Waals surface area contributed by atoms with Gasteiger partial charge in [0.2, 0.25) is 0 Å². The number of hydrogen-bond donors (Lipinski definition) is 0. The maximum Gasteiger partial charge on any atom is 0.185 e. The van der Waals surface area contributed by atoms with E-state index in [2.05, 4.69) is 16.7 Å². The van der Waals surface area contributed by atoms with Gasteiger partial charge in [-0.3, -0.25) is 4.79 Å². The Hall–Kier alpha value is -1.40. The first kappa shape index (κ1) is 13.7. The lowest BCUT2D eigenvalue weighted by Crippen LogP contribution is -2.07. The van der Waals surface area contributed by atoms with E-state index in [9.17, 15) is 4.79 Å². The lowest BCUT2D eigenvalue weighted by atomic mass is 10.2. The molecule has 0 bridgehead atoms. The summed E-state index contributed by atoms with van der Waals surface area (Å²) in [5.41, 5.74) is 2.19. The number of thioether (sulfide) groups is 1. The molecule has 0 aliphatic carbocycles. The standard InChI is InChI=1S/C14H17NOS/c1-12(16)17-11-5-4-6-13-7-9-14(10-8-13)15(2)3/h7-10H,5,11H2,1-3H3. The lowest BCUT2D eigenvalue weighted by Gasteiger charge is -2.11. The molecule has 0 atom stereocenters. The fraction of sp³-hybridized carbons (Fsp3) is 0.357. The Labute approximate surface area is 107 Å². The summed E-state index contributed by atoms with van der Waals surface area (Å²) < 4.78 is 0. The van der Waals surface area contributed by atoms with Crippen molar-refractivity contribution in [1.82, 2.24) is 0 Å². The Bertz CT molecular complexity index is 426. The summed E-state index contributed by atoms with van der Waals surface area (Å²) in [5, 5.41) is 0.155. The van der Waals surface area contributed by atoms with E-state index in [1.54, 1.807) is 6.92 Å². The van der Waals surface area contributed by atoms with Crippen molar-refractivity contribution in [2.75, 3.05) is 24.7 Å². The normalized spacial score (nSPS) is 9.35. The lowest BCUT2D eigenvalue weighted by molar-refractivity contribution is -0.109. The second-order valence-electron chi connectivity index (χ2n) is 3.83. The number of benzene rings is 1. The van der Waals surface area contributed by atoms with Crippen molar-refractivity contribution in [1.29, 1.82) is 0 Å². The first-order valence-electron chi connectivity index (χ1n) is 5.49. The molecule has 0 unspecified atom stereocenters. The molecule has 1 aromatic rings. The third-order valence-electron chi connectivity index (χ3n) is 2.15. The molecule has 0 N–H and O–H groups in total. The van der Waals surface area contributed by atoms with Gasteiger partial charge in [-0.1, -0.05) is 23.6 Å². The molecule has 1 rings (SSSR count). The maximum atomic E-state index is 10.7. The fourth-order valence-electron chi connectivity index (χ4n) is 1.25. The summed E-state index contributed by atoms with van der Waals surface area (Å²) in [6.07, 6.45) is 0.750. The highest BCUT2D eigenvalue weighted by Gasteiger charge is 1.93. The van der Waals surface area contributed by atoms with Gasteiger partial charge in [0.25, 0.3) is 0 Å². The third-order valence-corrected chi connectivity index (χ3v) is 2.96. The third kappa shape index (κ3) is 5.46. The summed E-state index contributed by atoms with van der Waals surface area (Å²) in [6, 6.07) is 8.13. The molecule has 1 aromatic carbocycles. The van der Waals surface area contributed by atoms with E-state index in [4.69, 9.17) is 0 Å². The van der Waals surface area contributed by atoms with Gasteiger partial charge in [0.15, 0.2) is 5.12 Å². The highest BCUT2D eigenvalue weighted by molar-refractivity contribution is 8.13. The van der Waals surface area contributed by atoms with E-state index in [-0.39, 0.29) is 5.12 Å². The molecule has 0 radical (unpaired) electrons. The van der Waals surface area contributed by atoms with E-state index in [0.717, 1.165) is 17.7 Å². The zero-order valence-corrected chi connectivity index (χ0v) is 11.3. The second kappa shape index (κ2) is 7.03. The number of rotatable bonds is 3. The van der Waals surface area contributed by atoms with E-state index >= 15 is 0 Å². The van der Waals surface area contributed by atoms with Crippen molar-refractivity contribution in [2.45, 2.75) is 13.3 Å². The van der Waals surface area contributed by atoms with Crippen LogP contribution in [0, 0.1) is 11.8 Å². The Morgan fingerprint density at radius 2 is 1.94 bits per heavy atom. The van der Waals surface area contributed by atoms with Crippen LogP contribution < -0.4 is 4.90 Å². The van der Waals surface area contributed by atoms with Crippen LogP contribution in [-0.2, 0) is 4.79 Å². The molecule has 17 heavy (non-hydrogen) atoms. The van der Waals surface area contributed by atoms with Crippen LogP contribution in [0.3, 0.4) is 0 Å². The molecule has 0 saturated heterocycles. The SMILES string of the molecule is CC(=O)SCCC#Cc1ccc(N(C)C)cc1. The Morgan fingerprint density at radius 3 is 2.47 bits per heavy atom. The monoisotopic (exact) mass is 247 g/mol. The molecule has 0 aromatic heterocycles. The Kier molecular flexibility index (Phi) is 5.65. The zero-order chi connectivity index (χ0) is 12.7. The van der Waals surface area contributed by atoms with Crippen LogP contribution in [0.15, 0.2) is 24.3 Å². The average molecular weight is 247 g/mol. The highest BCUT2D eigenvalue weighted by Crippen LogP contribution is 2.11. The number of hydrogen-bond acceptors (Lipinski definition) is 3. The molecule has 0 aliphatic heterocycles. The van der Waals surface area contributed by atoms with Crippen LogP contribution >= 0.6 is 11.8 Å². The number of nitrogens with zero attached hydrogens (tertiary/aromatic N) is 1. The molecule has 90 valence electrons. The minimum absolute atomic E-state index is 0.155. The first-order chi connectivity index (χ1) is 8.09. The maximum absolute atomic E-state index is 10.7. The number of anilines is 1. The van der Waals surface area contributed by atoms with E-state index in [1.807, 2.05) is 38.4 Å². The molecule has 0 heterocycles. The quantitative estimate of drug-likeness (QED) is 0.605. The molecular weight excluding hydrogens is 230 g/mol. The Morgan fingerprint density at radius 1 is 1.29 bits per heavy atom. The minimum Gasteiger partial charge on any atom is -0.378 e. The van der Waals surface area contributed by atoms with Gasteiger partial charge < -0.3 is 4.90 Å². The predicted molar refractivity (Wildman–Crippen MR) is 75.4 cm³/mol. The van der Waals surface area contributed by atoms with Crippen LogP contribution in [0.25, 0.3) is 0 Å². The smallest absolute Gasteiger partial charge is 0.185 e. The number of carbonyl (C=O) groups is 1. The van der Waals surface area contributed by atoms with Crippen LogP contribution in [0.2, 0.25) is 0 Å². The predicted octanol–water partition coefficient (Wildman–Crippen LogP) is 2.77. The minimum atomic E-state index is 0.155. The summed E-state index contributed by atoms with van der Waals surface area (Å²) in [4.78, 5) is 12.7. The summed E-state index contributed by atoms with van der Waals surface area (Å²) in [7, 11) is 4.03. The zero-order valence-electron chi connectivity index (χ0n) is 10.5. The van der Waals surface area contributed by atoms with Gasteiger partial charge in [-0.25, -0.2) is 0 Å². The van der Waals surface area contributed by atoms with E-state index < -0.39 is 0 Å². The van der Waals surface area contributed by atoms with Crippen molar-refractivity contribution in [2.24, 2.45) is 0 Å². The van der Waals surface area contributed by atoms with Crippen LogP contribution in [0.5, 0.6) is 0 Å². The van der Waals surface area contributed by atoms with Gasteiger partial charge in [0.05, 0.1) is 0 Å². The largest absolute Gasteiger partial charge is 0.378 e. The highest BCUT2D eigenvalue weighted by atomic mass is 32.2. The Balaban J connectivity index is 2.46. The molecule has 3 heteroatoms. The molecule has 0 aliphatic rings. The second-order valence-corrected chi connectivity index (χ2v) is 5.10. The van der Waals surface area contributed by atoms with Crippen LogP contribution in [0.4, 0.5) is 5.69 Å². The fourth-order valence-corrected chi connectivity index (χ4v) is 1.74. The van der Waals surface area contributed by atoms with Crippen molar-refractivity contribution in [3.05, 3.63) is 29.8 Å². The van der Waals surface area contributed by atoms with Gasteiger partial charge in [0.1, 0.15) is 0 Å². The van der Waals surface area contributed by atoms with E-state index in [1.165, 1.54) is 17.4 Å². The van der Waals surface area contributed by atoms with Gasteiger partial charge in [0, 0.05) is 44.4 Å². The molecule has 0 fully saturated rings. The van der Waals surface area contributed by atoms with Gasteiger partial charge in [-0.05, 0) is 24.3 Å². The van der Waals surface area contributed by atoms with Gasteiger partial charge >= 0.3 is 0 Å². The van der Waals surface area contributed by atoms with Crippen LogP contribution in [0.1, 0.15) is 18.9 Å². The van der Waals surface area contributed by atoms with Crippen molar-refractivity contribution in [3.8, 4) is 11.8 Å². The van der Waals surface area contributed by atoms with Crippen molar-refractivity contribution < 1.29 is 4.79 Å². The molecule has 0 spiro atoms. The summed E-state index contributed by atoms with van der Waals surface area (Å²) >= 11 is 1.32. The molecule has 2 nitrogen and oxygen atoms in total. The topological polar surface area (TPSA) is 20.3 Å². The molecule has 0 saturated carbocycles.